The zero-order valence-corrected chi connectivity index (χ0v) is 15.2. The predicted molar refractivity (Wildman–Crippen MR) is 63.6 cm³/mol. The Kier molecular flexibility index (Phi) is 9.78. The largest absolute Gasteiger partial charge is 1.00 e. The first-order valence-corrected chi connectivity index (χ1v) is 8.10. The molecular formula is C9H16NaO8S2-. The van der Waals surface area contributed by atoms with Gasteiger partial charge in [0.25, 0.3) is 10.1 Å². The number of carbonyl (C=O) groups is 1. The van der Waals surface area contributed by atoms with Crippen LogP contribution in [0.2, 0.25) is 0 Å². The van der Waals surface area contributed by atoms with Crippen LogP contribution in [0.3, 0.4) is 0 Å². The first-order valence-electron chi connectivity index (χ1n) is 5.27. The minimum Gasteiger partial charge on any atom is -0.870 e. The Balaban J connectivity index is 0. The molecule has 0 bridgehead atoms. The average molecular weight is 339 g/mol. The van der Waals surface area contributed by atoms with Crippen LogP contribution in [0.25, 0.3) is 0 Å². The van der Waals surface area contributed by atoms with Crippen LogP contribution < -0.4 is 29.6 Å². The van der Waals surface area contributed by atoms with E-state index in [0.717, 1.165) is 0 Å². The summed E-state index contributed by atoms with van der Waals surface area (Å²) in [6.07, 6.45) is -1.24. The molecule has 1 aliphatic rings. The van der Waals surface area contributed by atoms with Gasteiger partial charge in [-0.05, 0) is 0 Å². The Morgan fingerprint density at radius 3 is 2.35 bits per heavy atom. The van der Waals surface area contributed by atoms with Crippen LogP contribution in [0.1, 0.15) is 20.3 Å². The third-order valence-corrected chi connectivity index (χ3v) is 4.35. The summed E-state index contributed by atoms with van der Waals surface area (Å²) in [5.74, 6) is -1.42. The number of carbonyl (C=O) groups excluding carboxylic acids is 1. The molecule has 114 valence electrons. The second-order valence-electron chi connectivity index (χ2n) is 4.70. The van der Waals surface area contributed by atoms with E-state index in [4.69, 9.17) is 8.92 Å². The molecule has 0 aromatic rings. The molecule has 1 N–H and O–H groups in total. The monoisotopic (exact) mass is 339 g/mol. The second kappa shape index (κ2) is 8.66. The zero-order valence-electron chi connectivity index (χ0n) is 11.5. The van der Waals surface area contributed by atoms with E-state index in [2.05, 4.69) is 0 Å². The molecule has 1 saturated heterocycles. The average Bonchev–Trinajstić information content (AvgIpc) is 2.44. The molecule has 0 aliphatic carbocycles. The number of rotatable bonds is 6. The first-order chi connectivity index (χ1) is 8.14. The molecule has 8 nitrogen and oxygen atoms in total. The van der Waals surface area contributed by atoms with Crippen LogP contribution in [-0.4, -0.2) is 44.1 Å². The van der Waals surface area contributed by atoms with Gasteiger partial charge in [0.1, 0.15) is 0 Å². The Labute approximate surface area is 141 Å². The van der Waals surface area contributed by atoms with Crippen molar-refractivity contribution < 1.29 is 65.6 Å². The molecule has 1 aliphatic heterocycles. The van der Waals surface area contributed by atoms with Gasteiger partial charge in [0.15, 0.2) is 6.10 Å². The Morgan fingerprint density at radius 1 is 1.40 bits per heavy atom. The van der Waals surface area contributed by atoms with E-state index in [1.807, 2.05) is 0 Å². The van der Waals surface area contributed by atoms with Crippen molar-refractivity contribution in [2.24, 2.45) is 5.41 Å². The molecule has 0 aromatic carbocycles. The fourth-order valence-corrected chi connectivity index (χ4v) is 3.23. The van der Waals surface area contributed by atoms with Gasteiger partial charge >= 0.3 is 35.5 Å². The van der Waals surface area contributed by atoms with Gasteiger partial charge in [-0.3, -0.25) is 4.18 Å². The van der Waals surface area contributed by atoms with Crippen molar-refractivity contribution in [1.29, 1.82) is 0 Å². The van der Waals surface area contributed by atoms with E-state index >= 15 is 0 Å². The smallest absolute Gasteiger partial charge is 0.870 e. The summed E-state index contributed by atoms with van der Waals surface area (Å²) in [4.78, 5) is 11.3. The quantitative estimate of drug-likeness (QED) is 0.214. The molecule has 1 atom stereocenters. The number of ether oxygens (including phenoxy) is 1. The maximum absolute atomic E-state index is 11.6. The standard InChI is InChI=1S/C9H15O7S2.Na.H2O/c1-9(2)6-15-8(10)7(9)16-18(13,14)5-3-4-17(11)12;;/h7H,3-6H2,1-2H3;;1H2/q-1;+1;/p-1/t7-;;/m0../s1. The van der Waals surface area contributed by atoms with E-state index in [-0.39, 0.29) is 53.8 Å². The number of hydrogen-bond acceptors (Lipinski definition) is 9. The van der Waals surface area contributed by atoms with Crippen LogP contribution in [0.5, 0.6) is 0 Å². The van der Waals surface area contributed by atoms with E-state index < -0.39 is 44.1 Å². The van der Waals surface area contributed by atoms with Crippen LogP contribution in [-0.2, 0) is 43.0 Å². The van der Waals surface area contributed by atoms with E-state index in [1.165, 1.54) is 0 Å². The minimum atomic E-state index is -3.94. The molecule has 20 heavy (non-hydrogen) atoms. The fourth-order valence-electron chi connectivity index (χ4n) is 1.45. The Morgan fingerprint density at radius 2 is 1.95 bits per heavy atom. The van der Waals surface area contributed by atoms with Gasteiger partial charge in [-0.1, -0.05) is 36.7 Å². The SMILES string of the molecule is CC1(C)COC(=O)[C@@H]1OS(=O)(=O)CCC[S-](=O)=O.[Na+].[OH-]. The van der Waals surface area contributed by atoms with Gasteiger partial charge in [0.05, 0.1) is 12.4 Å². The summed E-state index contributed by atoms with van der Waals surface area (Å²) in [6.45, 7) is 3.41. The topological polar surface area (TPSA) is 134 Å². The molecule has 0 aromatic heterocycles. The molecule has 0 saturated carbocycles. The molecule has 1 fully saturated rings. The molecule has 1 heterocycles. The molecule has 11 heteroatoms. The van der Waals surface area contributed by atoms with Crippen molar-refractivity contribution in [1.82, 2.24) is 0 Å². The van der Waals surface area contributed by atoms with E-state index in [0.29, 0.717) is 0 Å². The summed E-state index contributed by atoms with van der Waals surface area (Å²) in [5.41, 5.74) is -0.717. The van der Waals surface area contributed by atoms with Crippen molar-refractivity contribution in [3.63, 3.8) is 0 Å². The molecule has 0 spiro atoms. The summed E-state index contributed by atoms with van der Waals surface area (Å²) in [6, 6.07) is 0. The van der Waals surface area contributed by atoms with Crippen LogP contribution in [0.4, 0.5) is 0 Å². The summed E-state index contributed by atoms with van der Waals surface area (Å²) < 4.78 is 53.2. The molecule has 0 amide bonds. The van der Waals surface area contributed by atoms with Gasteiger partial charge in [-0.2, -0.15) is 8.42 Å². The molecule has 0 unspecified atom stereocenters. The fraction of sp³-hybridized carbons (Fsp3) is 0.889. The second-order valence-corrected chi connectivity index (χ2v) is 7.43. The maximum Gasteiger partial charge on any atom is 1.00 e. The Bertz CT molecular complexity index is 488. The first kappa shape index (κ1) is 22.6. The van der Waals surface area contributed by atoms with Gasteiger partial charge in [-0.15, -0.1) is 0 Å². The van der Waals surface area contributed by atoms with Gasteiger partial charge in [-0.25, -0.2) is 4.79 Å². The zero-order chi connectivity index (χ0) is 14.0. The molecular weight excluding hydrogens is 323 g/mol. The van der Waals surface area contributed by atoms with Crippen molar-refractivity contribution >= 4 is 26.8 Å². The third kappa shape index (κ3) is 6.83. The van der Waals surface area contributed by atoms with Crippen molar-refractivity contribution in [2.75, 3.05) is 18.1 Å². The summed E-state index contributed by atoms with van der Waals surface area (Å²) in [5, 5.41) is 0. The van der Waals surface area contributed by atoms with Crippen LogP contribution in [0, 0.1) is 5.41 Å². The summed E-state index contributed by atoms with van der Waals surface area (Å²) >= 11 is 0. The molecule has 1 rings (SSSR count). The van der Waals surface area contributed by atoms with Gasteiger partial charge < -0.3 is 18.6 Å². The minimum absolute atomic E-state index is 0. The van der Waals surface area contributed by atoms with Crippen molar-refractivity contribution in [2.45, 2.75) is 26.4 Å². The van der Waals surface area contributed by atoms with E-state index in [1.54, 1.807) is 13.8 Å². The van der Waals surface area contributed by atoms with Crippen molar-refractivity contribution in [3.8, 4) is 0 Å². The van der Waals surface area contributed by atoms with Gasteiger partial charge in [0.2, 0.25) is 0 Å². The van der Waals surface area contributed by atoms with E-state index in [9.17, 15) is 21.6 Å². The molecule has 0 radical (unpaired) electrons. The summed E-state index contributed by atoms with van der Waals surface area (Å²) in [7, 11) is -6.23. The predicted octanol–water partition coefficient (Wildman–Crippen LogP) is -3.19. The number of cyclic esters (lactones) is 1. The number of hydrogen-bond donors (Lipinski definition) is 0. The van der Waals surface area contributed by atoms with Gasteiger partial charge in [0, 0.05) is 5.41 Å². The van der Waals surface area contributed by atoms with Crippen molar-refractivity contribution in [3.05, 3.63) is 0 Å². The Hall–Kier alpha value is 0.290. The number of esters is 1. The van der Waals surface area contributed by atoms with Crippen LogP contribution >= 0.6 is 0 Å². The third-order valence-electron chi connectivity index (χ3n) is 2.46. The normalized spacial score (nSPS) is 20.9. The van der Waals surface area contributed by atoms with Crippen LogP contribution in [0.15, 0.2) is 0 Å². The maximum atomic E-state index is 11.6.